The van der Waals surface area contributed by atoms with Crippen LogP contribution < -0.4 is 0 Å². The van der Waals surface area contributed by atoms with Gasteiger partial charge in [-0.1, -0.05) is 13.8 Å². The first-order chi connectivity index (χ1) is 10.4. The predicted octanol–water partition coefficient (Wildman–Crippen LogP) is 3.42. The van der Waals surface area contributed by atoms with Crippen molar-refractivity contribution in [3.8, 4) is 0 Å². The Kier molecular flexibility index (Phi) is 1.92. The zero-order valence-corrected chi connectivity index (χ0v) is 15.7. The van der Waals surface area contributed by atoms with E-state index in [-0.39, 0.29) is 4.32 Å². The van der Waals surface area contributed by atoms with E-state index in [1.807, 2.05) is 0 Å². The average Bonchev–Trinajstić information content (AvgIpc) is 2.25. The standard InChI is InChI=1S/C5H10NO12P3S2/c1-3-6(4-2)5-22(10-19(7,11-22)12-22)13-20(8)14-23(5,15-20)16-21(9,17-23)18-23/h3-4H2,1-2H3. The highest BCUT2D eigenvalue weighted by Gasteiger charge is 3.12. The van der Waals surface area contributed by atoms with Gasteiger partial charge < -0.3 is 0 Å². The van der Waals surface area contributed by atoms with Crippen LogP contribution in [0.5, 0.6) is 0 Å². The molecule has 0 aromatic rings. The first kappa shape index (κ1) is 15.0. The molecule has 0 N–H and O–H groups in total. The van der Waals surface area contributed by atoms with Gasteiger partial charge in [0.05, 0.1) is 0 Å². The van der Waals surface area contributed by atoms with Crippen molar-refractivity contribution in [1.29, 1.82) is 0 Å². The third-order valence-corrected chi connectivity index (χ3v) is 24.5. The molecule has 7 saturated heterocycles. The molecule has 9 heterocycles. The molecule has 0 aliphatic carbocycles. The average molecular weight is 433 g/mol. The minimum atomic E-state index is -5.40. The normalized spacial score (nSPS) is 60.0. The molecule has 13 nitrogen and oxygen atoms in total. The fourth-order valence-electron chi connectivity index (χ4n) is 3.31. The van der Waals surface area contributed by atoms with Crippen molar-refractivity contribution < 1.29 is 49.4 Å². The molecule has 0 aromatic heterocycles. The monoisotopic (exact) mass is 433 g/mol. The molecular weight excluding hydrogens is 423 g/mol. The summed E-state index contributed by atoms with van der Waals surface area (Å²) in [5, 5.41) is 0. The molecule has 0 atom stereocenters. The Labute approximate surface area is 129 Å². The van der Waals surface area contributed by atoms with E-state index in [1.54, 1.807) is 13.8 Å². The lowest BCUT2D eigenvalue weighted by atomic mass is 10.6. The number of nitrogens with zero attached hydrogens (tertiary/aromatic N) is 1. The van der Waals surface area contributed by atoms with Gasteiger partial charge in [-0.05, 0) is 0 Å². The highest BCUT2D eigenvalue weighted by Crippen LogP contribution is 3.35. The third kappa shape index (κ3) is 1.11. The highest BCUT2D eigenvalue weighted by molar-refractivity contribution is 8.79. The second kappa shape index (κ2) is 2.95. The molecule has 23 heavy (non-hydrogen) atoms. The van der Waals surface area contributed by atoms with Crippen molar-refractivity contribution in [2.75, 3.05) is 13.1 Å². The van der Waals surface area contributed by atoms with E-state index >= 15 is 0 Å². The molecule has 0 amide bonds. The molecule has 2 spiro atoms. The zero-order chi connectivity index (χ0) is 16.3. The maximum atomic E-state index is 12.4. The van der Waals surface area contributed by atoms with Gasteiger partial charge in [-0.2, -0.15) is 35.7 Å². The van der Waals surface area contributed by atoms with E-state index in [0.29, 0.717) is 13.1 Å². The van der Waals surface area contributed by atoms with Gasteiger partial charge in [0, 0.05) is 13.1 Å². The minimum Gasteiger partial charge on any atom is -0.253 e. The Hall–Kier alpha value is 0.860. The van der Waals surface area contributed by atoms with Gasteiger partial charge in [0.1, 0.15) is 0 Å². The second-order valence-corrected chi connectivity index (χ2v) is 18.0. The summed E-state index contributed by atoms with van der Waals surface area (Å²) in [4.78, 5) is 1.51. The van der Waals surface area contributed by atoms with Crippen LogP contribution >= 0.6 is 43.0 Å². The summed E-state index contributed by atoms with van der Waals surface area (Å²) in [5.41, 5.74) is 0. The maximum Gasteiger partial charge on any atom is 0.520 e. The molecule has 9 aliphatic heterocycles. The van der Waals surface area contributed by atoms with Crippen LogP contribution in [0.1, 0.15) is 13.8 Å². The van der Waals surface area contributed by atoms with Crippen molar-refractivity contribution in [2.45, 2.75) is 13.8 Å². The summed E-state index contributed by atoms with van der Waals surface area (Å²) < 4.78 is 83.0. The summed E-state index contributed by atoms with van der Waals surface area (Å²) in [7, 11) is -21.7. The molecule has 0 saturated carbocycles. The molecule has 134 valence electrons. The van der Waals surface area contributed by atoms with Crippen molar-refractivity contribution >= 4 is 47.4 Å². The number of hydrogen-bond donors (Lipinski definition) is 0. The van der Waals surface area contributed by atoms with E-state index in [2.05, 4.69) is 0 Å². The summed E-state index contributed by atoms with van der Waals surface area (Å²) in [6.45, 7) is 4.10. The van der Waals surface area contributed by atoms with Gasteiger partial charge in [-0.15, -0.1) is 0 Å². The predicted molar refractivity (Wildman–Crippen MR) is 75.7 cm³/mol. The smallest absolute Gasteiger partial charge is 0.253 e. The lowest BCUT2D eigenvalue weighted by Gasteiger charge is -2.92. The van der Waals surface area contributed by atoms with Gasteiger partial charge in [0.15, 0.2) is 0 Å². The fourth-order valence-corrected chi connectivity index (χ4v) is 28.7. The van der Waals surface area contributed by atoms with Gasteiger partial charge in [0.25, 0.3) is 0 Å². The summed E-state index contributed by atoms with van der Waals surface area (Å²) in [6, 6.07) is 0. The molecular formula is C5H10NO12P3S2. The molecule has 18 heteroatoms. The molecule has 5 bridgehead atoms. The highest BCUT2D eigenvalue weighted by atomic mass is 32.5. The minimum absolute atomic E-state index is 0.236. The van der Waals surface area contributed by atoms with E-state index < -0.39 is 43.0 Å². The maximum absolute atomic E-state index is 12.4. The van der Waals surface area contributed by atoms with Gasteiger partial charge in [-0.25, -0.2) is 13.7 Å². The number of hydrogen-bond acceptors (Lipinski definition) is 13. The Morgan fingerprint density at radius 1 is 0.826 bits per heavy atom. The molecule has 9 aliphatic rings. The van der Waals surface area contributed by atoms with E-state index in [9.17, 15) is 13.7 Å². The Balaban J connectivity index is 1.74. The van der Waals surface area contributed by atoms with Crippen LogP contribution in [0, 0.1) is 0 Å². The molecule has 0 unspecified atom stereocenters. The van der Waals surface area contributed by atoms with Crippen molar-refractivity contribution in [3.05, 3.63) is 0 Å². The second-order valence-electron chi connectivity index (χ2n) is 5.29. The molecule has 0 radical (unpaired) electrons. The van der Waals surface area contributed by atoms with Gasteiger partial charge in [0.2, 0.25) is 23.9 Å². The first-order valence-corrected chi connectivity index (χ1v) is 14.6. The van der Waals surface area contributed by atoms with Crippen LogP contribution in [0.15, 0.2) is 0 Å². The number of rotatable bonds is 2. The van der Waals surface area contributed by atoms with Gasteiger partial charge in [-0.3, -0.25) is 4.90 Å². The van der Waals surface area contributed by atoms with Crippen LogP contribution in [-0.4, -0.2) is 22.3 Å². The van der Waals surface area contributed by atoms with Crippen molar-refractivity contribution in [1.82, 2.24) is 4.90 Å². The van der Waals surface area contributed by atoms with Crippen molar-refractivity contribution in [2.24, 2.45) is 0 Å². The van der Waals surface area contributed by atoms with E-state index in [0.717, 1.165) is 0 Å². The first-order valence-electron chi connectivity index (χ1n) is 6.37. The Bertz CT molecular complexity index is 913. The quantitative estimate of drug-likeness (QED) is 0.465. The van der Waals surface area contributed by atoms with Crippen LogP contribution in [0.25, 0.3) is 0 Å². The Morgan fingerprint density at radius 3 is 1.65 bits per heavy atom. The van der Waals surface area contributed by atoms with E-state index in [4.69, 9.17) is 35.7 Å². The molecule has 9 rings (SSSR count). The number of phosphoric acid groups is 3. The van der Waals surface area contributed by atoms with Crippen LogP contribution in [0.2, 0.25) is 0 Å². The zero-order valence-electron chi connectivity index (χ0n) is 11.4. The summed E-state index contributed by atoms with van der Waals surface area (Å²) in [5.74, 6) is 0. The van der Waals surface area contributed by atoms with Gasteiger partial charge >= 0.3 is 23.5 Å². The topological polar surface area (TPSA) is 138 Å². The Morgan fingerprint density at radius 2 is 1.26 bits per heavy atom. The largest absolute Gasteiger partial charge is 0.520 e. The fraction of sp³-hybridized carbons (Fsp3) is 0.800. The van der Waals surface area contributed by atoms with Crippen LogP contribution in [-0.2, 0) is 49.4 Å². The van der Waals surface area contributed by atoms with E-state index in [1.165, 1.54) is 4.90 Å². The lowest BCUT2D eigenvalue weighted by Crippen LogP contribution is -2.76. The third-order valence-electron chi connectivity index (χ3n) is 3.79. The molecule has 0 aromatic carbocycles. The molecule has 7 fully saturated rings. The van der Waals surface area contributed by atoms with Crippen LogP contribution in [0.3, 0.4) is 0 Å². The van der Waals surface area contributed by atoms with Crippen molar-refractivity contribution in [3.63, 3.8) is 0 Å². The summed E-state index contributed by atoms with van der Waals surface area (Å²) in [6.07, 6.45) is 0. The summed E-state index contributed by atoms with van der Waals surface area (Å²) >= 11 is 0. The SMILES string of the molecule is CCN(CC)C1=S23(OP(=O)(O2)O3)OP2(=O)OS134(O2)OP(=O)(O3)O4. The van der Waals surface area contributed by atoms with Crippen LogP contribution in [0.4, 0.5) is 0 Å². The lowest BCUT2D eigenvalue weighted by molar-refractivity contribution is -0.0421.